The van der Waals surface area contributed by atoms with E-state index in [2.05, 4.69) is 47.2 Å². The molecule has 0 bridgehead atoms. The van der Waals surface area contributed by atoms with Crippen LogP contribution in [0.4, 0.5) is 5.69 Å². The molecular weight excluding hydrogens is 350 g/mol. The summed E-state index contributed by atoms with van der Waals surface area (Å²) in [4.78, 5) is 18.0. The Hall–Kier alpha value is -2.18. The topological polar surface area (TPSA) is 53.4 Å². The van der Waals surface area contributed by atoms with Crippen molar-refractivity contribution in [3.05, 3.63) is 47.3 Å². The predicted molar refractivity (Wildman–Crippen MR) is 113 cm³/mol. The molecule has 1 amide bonds. The lowest BCUT2D eigenvalue weighted by Crippen LogP contribution is -2.44. The van der Waals surface area contributed by atoms with E-state index in [0.29, 0.717) is 0 Å². The van der Waals surface area contributed by atoms with E-state index in [0.717, 1.165) is 55.4 Å². The SMILES string of the molecule is Cc1cc(C)n([C@H](C(=O)Nc2ccccc2CN2CCN(C)CC2)C(C)C)n1. The fourth-order valence-corrected chi connectivity index (χ4v) is 3.86. The second-order valence-corrected chi connectivity index (χ2v) is 8.29. The van der Waals surface area contributed by atoms with Gasteiger partial charge in [0.15, 0.2) is 0 Å². The molecule has 1 atom stereocenters. The number of aromatic nitrogens is 2. The van der Waals surface area contributed by atoms with Crippen LogP contribution in [-0.4, -0.2) is 58.7 Å². The maximum Gasteiger partial charge on any atom is 0.249 e. The number of carbonyl (C=O) groups excluding carboxylic acids is 1. The molecule has 1 N–H and O–H groups in total. The summed E-state index contributed by atoms with van der Waals surface area (Å²) in [6, 6.07) is 9.83. The lowest BCUT2D eigenvalue weighted by molar-refractivity contribution is -0.120. The molecule has 1 aromatic heterocycles. The van der Waals surface area contributed by atoms with Gasteiger partial charge in [-0.3, -0.25) is 14.4 Å². The average Bonchev–Trinajstić information content (AvgIpc) is 2.96. The van der Waals surface area contributed by atoms with Gasteiger partial charge in [0, 0.05) is 44.1 Å². The number of hydrogen-bond donors (Lipinski definition) is 1. The fourth-order valence-electron chi connectivity index (χ4n) is 3.86. The van der Waals surface area contributed by atoms with Crippen LogP contribution < -0.4 is 5.32 Å². The number of piperazine rings is 1. The number of benzene rings is 1. The summed E-state index contributed by atoms with van der Waals surface area (Å²) < 4.78 is 1.86. The van der Waals surface area contributed by atoms with Crippen molar-refractivity contribution < 1.29 is 4.79 Å². The fraction of sp³-hybridized carbons (Fsp3) is 0.545. The smallest absolute Gasteiger partial charge is 0.249 e. The predicted octanol–water partition coefficient (Wildman–Crippen LogP) is 3.08. The van der Waals surface area contributed by atoms with E-state index >= 15 is 0 Å². The summed E-state index contributed by atoms with van der Waals surface area (Å²) in [5.74, 6) is 0.134. The summed E-state index contributed by atoms with van der Waals surface area (Å²) >= 11 is 0. The van der Waals surface area contributed by atoms with Crippen molar-refractivity contribution in [2.24, 2.45) is 5.92 Å². The molecule has 0 spiro atoms. The monoisotopic (exact) mass is 383 g/mol. The van der Waals surface area contributed by atoms with Gasteiger partial charge in [-0.2, -0.15) is 5.10 Å². The molecule has 1 aromatic carbocycles. The quantitative estimate of drug-likeness (QED) is 0.833. The molecule has 28 heavy (non-hydrogen) atoms. The Morgan fingerprint density at radius 2 is 1.82 bits per heavy atom. The van der Waals surface area contributed by atoms with Crippen molar-refractivity contribution in [3.8, 4) is 0 Å². The number of carbonyl (C=O) groups is 1. The van der Waals surface area contributed by atoms with E-state index in [9.17, 15) is 4.79 Å². The zero-order valence-electron chi connectivity index (χ0n) is 17.8. The van der Waals surface area contributed by atoms with Gasteiger partial charge in [-0.05, 0) is 44.5 Å². The number of amides is 1. The van der Waals surface area contributed by atoms with E-state index in [1.807, 2.05) is 42.8 Å². The maximum absolute atomic E-state index is 13.2. The molecule has 2 heterocycles. The van der Waals surface area contributed by atoms with Crippen LogP contribution in [0.25, 0.3) is 0 Å². The van der Waals surface area contributed by atoms with Crippen molar-refractivity contribution >= 4 is 11.6 Å². The van der Waals surface area contributed by atoms with E-state index in [1.165, 1.54) is 0 Å². The van der Waals surface area contributed by atoms with Crippen LogP contribution in [0, 0.1) is 19.8 Å². The summed E-state index contributed by atoms with van der Waals surface area (Å²) in [5.41, 5.74) is 4.01. The van der Waals surface area contributed by atoms with Crippen LogP contribution in [0.5, 0.6) is 0 Å². The number of anilines is 1. The van der Waals surface area contributed by atoms with E-state index in [-0.39, 0.29) is 17.9 Å². The highest BCUT2D eigenvalue weighted by Gasteiger charge is 2.27. The second-order valence-electron chi connectivity index (χ2n) is 8.29. The van der Waals surface area contributed by atoms with Crippen molar-refractivity contribution in [2.45, 2.75) is 40.3 Å². The highest BCUT2D eigenvalue weighted by atomic mass is 16.2. The highest BCUT2D eigenvalue weighted by Crippen LogP contribution is 2.24. The Kier molecular flexibility index (Phi) is 6.52. The van der Waals surface area contributed by atoms with Crippen LogP contribution in [0.15, 0.2) is 30.3 Å². The molecule has 6 heteroatoms. The zero-order valence-corrected chi connectivity index (χ0v) is 17.8. The molecule has 1 fully saturated rings. The molecule has 0 radical (unpaired) electrons. The summed E-state index contributed by atoms with van der Waals surface area (Å²) in [5, 5.41) is 7.75. The van der Waals surface area contributed by atoms with Crippen LogP contribution in [0.3, 0.4) is 0 Å². The Bertz CT molecular complexity index is 805. The number of likely N-dealkylation sites (N-methyl/N-ethyl adjacent to an activating group) is 1. The Morgan fingerprint density at radius 3 is 2.43 bits per heavy atom. The Balaban J connectivity index is 1.76. The molecule has 0 aliphatic carbocycles. The number of para-hydroxylation sites is 1. The van der Waals surface area contributed by atoms with E-state index in [4.69, 9.17) is 0 Å². The van der Waals surface area contributed by atoms with Crippen LogP contribution >= 0.6 is 0 Å². The molecule has 6 nitrogen and oxygen atoms in total. The van der Waals surface area contributed by atoms with Crippen molar-refractivity contribution in [3.63, 3.8) is 0 Å². The summed E-state index contributed by atoms with van der Waals surface area (Å²) in [7, 11) is 2.16. The number of rotatable bonds is 6. The molecule has 2 aromatic rings. The molecule has 1 aliphatic heterocycles. The zero-order chi connectivity index (χ0) is 20.3. The van der Waals surface area contributed by atoms with Gasteiger partial charge in [0.1, 0.15) is 6.04 Å². The first-order valence-electron chi connectivity index (χ1n) is 10.2. The number of aryl methyl sites for hydroxylation is 2. The van der Waals surface area contributed by atoms with Gasteiger partial charge >= 0.3 is 0 Å². The van der Waals surface area contributed by atoms with Crippen LogP contribution in [0.1, 0.15) is 36.8 Å². The van der Waals surface area contributed by atoms with Gasteiger partial charge in [0.05, 0.1) is 5.69 Å². The van der Waals surface area contributed by atoms with Gasteiger partial charge in [-0.25, -0.2) is 0 Å². The summed E-state index contributed by atoms with van der Waals surface area (Å²) in [6.07, 6.45) is 0. The van der Waals surface area contributed by atoms with Gasteiger partial charge in [0.25, 0.3) is 0 Å². The third-order valence-electron chi connectivity index (χ3n) is 5.47. The number of nitrogens with one attached hydrogen (secondary N) is 1. The van der Waals surface area contributed by atoms with Crippen molar-refractivity contribution in [1.29, 1.82) is 0 Å². The van der Waals surface area contributed by atoms with Crippen molar-refractivity contribution in [1.82, 2.24) is 19.6 Å². The number of nitrogens with zero attached hydrogens (tertiary/aromatic N) is 4. The molecule has 152 valence electrons. The minimum atomic E-state index is -0.328. The lowest BCUT2D eigenvalue weighted by Gasteiger charge is -2.32. The third-order valence-corrected chi connectivity index (χ3v) is 5.47. The maximum atomic E-state index is 13.2. The first kappa shape index (κ1) is 20.6. The number of hydrogen-bond acceptors (Lipinski definition) is 4. The average molecular weight is 384 g/mol. The Morgan fingerprint density at radius 1 is 1.14 bits per heavy atom. The molecule has 1 saturated heterocycles. The first-order chi connectivity index (χ1) is 13.3. The molecule has 0 saturated carbocycles. The van der Waals surface area contributed by atoms with E-state index in [1.54, 1.807) is 0 Å². The molecule has 0 unspecified atom stereocenters. The minimum Gasteiger partial charge on any atom is -0.324 e. The first-order valence-corrected chi connectivity index (χ1v) is 10.2. The van der Waals surface area contributed by atoms with Crippen molar-refractivity contribution in [2.75, 3.05) is 38.5 Å². The minimum absolute atomic E-state index is 0.00738. The largest absolute Gasteiger partial charge is 0.324 e. The van der Waals surface area contributed by atoms with Crippen LogP contribution in [-0.2, 0) is 11.3 Å². The van der Waals surface area contributed by atoms with Gasteiger partial charge < -0.3 is 10.2 Å². The van der Waals surface area contributed by atoms with E-state index < -0.39 is 0 Å². The van der Waals surface area contributed by atoms with Crippen LogP contribution in [0.2, 0.25) is 0 Å². The van der Waals surface area contributed by atoms with Gasteiger partial charge in [0.2, 0.25) is 5.91 Å². The summed E-state index contributed by atoms with van der Waals surface area (Å²) in [6.45, 7) is 13.2. The third kappa shape index (κ3) is 4.80. The standard InChI is InChI=1S/C22H33N5O/c1-16(2)21(27-18(4)14-17(3)24-27)22(28)23-20-9-7-6-8-19(20)15-26-12-10-25(5)11-13-26/h6-9,14,16,21H,10-13,15H2,1-5H3,(H,23,28)/t21-/m0/s1. The second kappa shape index (κ2) is 8.88. The van der Waals surface area contributed by atoms with Gasteiger partial charge in [-0.1, -0.05) is 32.0 Å². The van der Waals surface area contributed by atoms with Gasteiger partial charge in [-0.15, -0.1) is 0 Å². The normalized spacial score (nSPS) is 17.1. The Labute approximate surface area is 168 Å². The molecule has 1 aliphatic rings. The molecular formula is C22H33N5O. The highest BCUT2D eigenvalue weighted by molar-refractivity contribution is 5.94. The lowest BCUT2D eigenvalue weighted by atomic mass is 10.0. The molecule has 3 rings (SSSR count).